The van der Waals surface area contributed by atoms with Gasteiger partial charge >= 0.3 is 0 Å². The molecular formula is C16H16N4OS. The molecule has 2 aliphatic rings. The summed E-state index contributed by atoms with van der Waals surface area (Å²) in [6, 6.07) is 0.189. The molecule has 3 aromatic heterocycles. The smallest absolute Gasteiger partial charge is 0.262 e. The number of thiophene rings is 1. The summed E-state index contributed by atoms with van der Waals surface area (Å²) in [7, 11) is 0. The Hall–Kier alpha value is -1.95. The largest absolute Gasteiger partial charge is 0.295 e. The van der Waals surface area contributed by atoms with Crippen LogP contribution in [0.4, 0.5) is 0 Å². The van der Waals surface area contributed by atoms with Crippen LogP contribution in [-0.4, -0.2) is 19.7 Å². The van der Waals surface area contributed by atoms with Crippen LogP contribution in [0.3, 0.4) is 0 Å². The van der Waals surface area contributed by atoms with Gasteiger partial charge in [-0.1, -0.05) is 0 Å². The highest BCUT2D eigenvalue weighted by atomic mass is 32.1. The molecular weight excluding hydrogens is 296 g/mol. The summed E-state index contributed by atoms with van der Waals surface area (Å²) in [6.07, 6.45) is 9.77. The molecule has 0 spiro atoms. The molecule has 1 atom stereocenters. The van der Waals surface area contributed by atoms with Gasteiger partial charge in [0.15, 0.2) is 0 Å². The van der Waals surface area contributed by atoms with Crippen molar-refractivity contribution in [2.75, 3.05) is 0 Å². The maximum atomic E-state index is 13.0. The average molecular weight is 312 g/mol. The molecule has 0 fully saturated rings. The molecule has 3 heterocycles. The van der Waals surface area contributed by atoms with E-state index in [4.69, 9.17) is 0 Å². The summed E-state index contributed by atoms with van der Waals surface area (Å²) in [4.78, 5) is 19.9. The van der Waals surface area contributed by atoms with Gasteiger partial charge in [0, 0.05) is 23.0 Å². The van der Waals surface area contributed by atoms with Crippen molar-refractivity contribution in [3.8, 4) is 0 Å². The van der Waals surface area contributed by atoms with Crippen LogP contribution in [0.5, 0.6) is 0 Å². The number of hydrogen-bond acceptors (Lipinski definition) is 4. The number of aromatic amines is 1. The predicted octanol–water partition coefficient (Wildman–Crippen LogP) is 2.40. The van der Waals surface area contributed by atoms with E-state index in [0.717, 1.165) is 42.3 Å². The first-order chi connectivity index (χ1) is 10.8. The van der Waals surface area contributed by atoms with E-state index in [1.165, 1.54) is 28.1 Å². The number of H-pyrrole nitrogens is 1. The lowest BCUT2D eigenvalue weighted by Crippen LogP contribution is -2.29. The summed E-state index contributed by atoms with van der Waals surface area (Å²) in [6.45, 7) is 0. The molecule has 6 heteroatoms. The first kappa shape index (κ1) is 12.6. The van der Waals surface area contributed by atoms with E-state index in [1.807, 2.05) is 10.8 Å². The normalized spacial score (nSPS) is 20.3. The van der Waals surface area contributed by atoms with Crippen molar-refractivity contribution in [1.82, 2.24) is 19.7 Å². The highest BCUT2D eigenvalue weighted by Gasteiger charge is 2.26. The van der Waals surface area contributed by atoms with Crippen LogP contribution in [0, 0.1) is 0 Å². The Kier molecular flexibility index (Phi) is 2.59. The van der Waals surface area contributed by atoms with Crippen molar-refractivity contribution in [2.24, 2.45) is 0 Å². The summed E-state index contributed by atoms with van der Waals surface area (Å²) < 4.78 is 1.86. The van der Waals surface area contributed by atoms with Gasteiger partial charge in [0.05, 0.1) is 17.9 Å². The fourth-order valence-corrected chi connectivity index (χ4v) is 5.10. The highest BCUT2D eigenvalue weighted by molar-refractivity contribution is 7.18. The SMILES string of the molecule is O=c1c2c3c(sc2ncn1[C@H]1CCc2cn[nH]c2C1)CCC3. The zero-order chi connectivity index (χ0) is 14.7. The number of fused-ring (bicyclic) bond motifs is 4. The zero-order valence-electron chi connectivity index (χ0n) is 12.1. The van der Waals surface area contributed by atoms with Crippen LogP contribution in [-0.2, 0) is 25.7 Å². The molecule has 5 rings (SSSR count). The molecule has 0 radical (unpaired) electrons. The summed E-state index contributed by atoms with van der Waals surface area (Å²) in [5.74, 6) is 0. The van der Waals surface area contributed by atoms with E-state index in [-0.39, 0.29) is 11.6 Å². The van der Waals surface area contributed by atoms with Gasteiger partial charge in [-0.3, -0.25) is 14.5 Å². The van der Waals surface area contributed by atoms with Crippen molar-refractivity contribution in [1.29, 1.82) is 0 Å². The molecule has 3 aromatic rings. The van der Waals surface area contributed by atoms with Crippen LogP contribution >= 0.6 is 11.3 Å². The quantitative estimate of drug-likeness (QED) is 0.750. The lowest BCUT2D eigenvalue weighted by Gasteiger charge is -2.23. The average Bonchev–Trinajstić information content (AvgIpc) is 3.21. The van der Waals surface area contributed by atoms with Crippen molar-refractivity contribution < 1.29 is 0 Å². The molecule has 0 bridgehead atoms. The highest BCUT2D eigenvalue weighted by Crippen LogP contribution is 2.35. The first-order valence-electron chi connectivity index (χ1n) is 7.84. The molecule has 112 valence electrons. The van der Waals surface area contributed by atoms with Crippen molar-refractivity contribution in [2.45, 2.75) is 44.6 Å². The summed E-state index contributed by atoms with van der Waals surface area (Å²) in [5, 5.41) is 8.07. The fraction of sp³-hybridized carbons (Fsp3) is 0.438. The topological polar surface area (TPSA) is 63.6 Å². The summed E-state index contributed by atoms with van der Waals surface area (Å²) in [5.41, 5.74) is 3.87. The van der Waals surface area contributed by atoms with E-state index >= 15 is 0 Å². The molecule has 1 N–H and O–H groups in total. The van der Waals surface area contributed by atoms with Crippen LogP contribution in [0.25, 0.3) is 10.2 Å². The Morgan fingerprint density at radius 2 is 2.27 bits per heavy atom. The number of aromatic nitrogens is 4. The molecule has 0 saturated carbocycles. The van der Waals surface area contributed by atoms with Crippen molar-refractivity contribution in [3.63, 3.8) is 0 Å². The lowest BCUT2D eigenvalue weighted by molar-refractivity contribution is 0.425. The molecule has 0 amide bonds. The maximum absolute atomic E-state index is 13.0. The van der Waals surface area contributed by atoms with Crippen LogP contribution < -0.4 is 5.56 Å². The van der Waals surface area contributed by atoms with Gasteiger partial charge in [-0.15, -0.1) is 11.3 Å². The monoisotopic (exact) mass is 312 g/mol. The Morgan fingerprint density at radius 1 is 1.32 bits per heavy atom. The van der Waals surface area contributed by atoms with Gasteiger partial charge in [-0.25, -0.2) is 4.98 Å². The van der Waals surface area contributed by atoms with Gasteiger partial charge < -0.3 is 0 Å². The molecule has 2 aliphatic carbocycles. The minimum atomic E-state index is 0.150. The molecule has 0 unspecified atom stereocenters. The second-order valence-electron chi connectivity index (χ2n) is 6.26. The third-order valence-electron chi connectivity index (χ3n) is 5.04. The van der Waals surface area contributed by atoms with E-state index in [9.17, 15) is 4.79 Å². The van der Waals surface area contributed by atoms with Crippen LogP contribution in [0.15, 0.2) is 17.3 Å². The lowest BCUT2D eigenvalue weighted by atomic mass is 9.93. The van der Waals surface area contributed by atoms with Gasteiger partial charge in [-0.2, -0.15) is 5.10 Å². The van der Waals surface area contributed by atoms with E-state index in [1.54, 1.807) is 17.7 Å². The van der Waals surface area contributed by atoms with Crippen molar-refractivity contribution in [3.05, 3.63) is 44.6 Å². The van der Waals surface area contributed by atoms with E-state index in [2.05, 4.69) is 15.2 Å². The standard InChI is InChI=1S/C16H16N4OS/c21-16-14-11-2-1-3-13(11)22-15(14)17-8-20(16)10-5-4-9-7-18-19-12(9)6-10/h7-8,10H,1-6H2,(H,18,19)/t10-/m0/s1. The number of aryl methyl sites for hydroxylation is 3. The molecule has 5 nitrogen and oxygen atoms in total. The van der Waals surface area contributed by atoms with Crippen LogP contribution in [0.2, 0.25) is 0 Å². The predicted molar refractivity (Wildman–Crippen MR) is 85.6 cm³/mol. The van der Waals surface area contributed by atoms with Crippen molar-refractivity contribution >= 4 is 21.6 Å². The summed E-state index contributed by atoms with van der Waals surface area (Å²) >= 11 is 1.71. The Bertz CT molecular complexity index is 935. The number of hydrogen-bond donors (Lipinski definition) is 1. The molecule has 22 heavy (non-hydrogen) atoms. The number of nitrogens with zero attached hydrogens (tertiary/aromatic N) is 3. The first-order valence-corrected chi connectivity index (χ1v) is 8.65. The van der Waals surface area contributed by atoms with Crippen LogP contribution in [0.1, 0.15) is 40.6 Å². The second-order valence-corrected chi connectivity index (χ2v) is 7.35. The Morgan fingerprint density at radius 3 is 3.23 bits per heavy atom. The third-order valence-corrected chi connectivity index (χ3v) is 6.24. The molecule has 0 saturated heterocycles. The maximum Gasteiger partial charge on any atom is 0.262 e. The van der Waals surface area contributed by atoms with Gasteiger partial charge in [0.1, 0.15) is 4.83 Å². The number of rotatable bonds is 1. The number of nitrogens with one attached hydrogen (secondary N) is 1. The third kappa shape index (κ3) is 1.67. The second kappa shape index (κ2) is 4.52. The fourth-order valence-electron chi connectivity index (χ4n) is 3.88. The van der Waals surface area contributed by atoms with E-state index < -0.39 is 0 Å². The minimum Gasteiger partial charge on any atom is -0.295 e. The molecule has 0 aromatic carbocycles. The Labute approximate surface area is 131 Å². The van der Waals surface area contributed by atoms with Gasteiger partial charge in [0.25, 0.3) is 5.56 Å². The Balaban J connectivity index is 1.64. The van der Waals surface area contributed by atoms with Gasteiger partial charge in [0.2, 0.25) is 0 Å². The minimum absolute atomic E-state index is 0.150. The molecule has 0 aliphatic heterocycles. The zero-order valence-corrected chi connectivity index (χ0v) is 12.9. The van der Waals surface area contributed by atoms with E-state index in [0.29, 0.717) is 0 Å². The van der Waals surface area contributed by atoms with Gasteiger partial charge in [-0.05, 0) is 43.2 Å².